The van der Waals surface area contributed by atoms with E-state index in [0.29, 0.717) is 37.9 Å². The van der Waals surface area contributed by atoms with E-state index in [2.05, 4.69) is 4.90 Å². The molecule has 3 fully saturated rings. The van der Waals surface area contributed by atoms with Gasteiger partial charge < -0.3 is 19.8 Å². The number of esters is 1. The maximum Gasteiger partial charge on any atom is 0.312 e. The van der Waals surface area contributed by atoms with Crippen molar-refractivity contribution in [2.24, 2.45) is 5.41 Å². The monoisotopic (exact) mass is 450 g/mol. The number of likely N-dealkylation sites (tertiary alicyclic amines) is 2. The zero-order chi connectivity index (χ0) is 23.1. The average molecular weight is 451 g/mol. The SMILES string of the molecule is O=C(Cc1ccccc1F)N1CCC2(CC1)CC(CN1CCC(O)CC1)OC2=O.O=CO. The van der Waals surface area contributed by atoms with E-state index in [9.17, 15) is 19.1 Å². The minimum atomic E-state index is -0.491. The molecule has 1 unspecified atom stereocenters. The number of aliphatic hydroxyl groups excluding tert-OH is 1. The van der Waals surface area contributed by atoms with E-state index in [1.54, 1.807) is 23.1 Å². The molecular weight excluding hydrogens is 419 g/mol. The van der Waals surface area contributed by atoms with E-state index < -0.39 is 5.41 Å². The van der Waals surface area contributed by atoms with Gasteiger partial charge in [-0.1, -0.05) is 18.2 Å². The Labute approximate surface area is 186 Å². The van der Waals surface area contributed by atoms with Gasteiger partial charge in [0, 0.05) is 39.1 Å². The molecule has 1 spiro atoms. The van der Waals surface area contributed by atoms with Gasteiger partial charge in [0.25, 0.3) is 6.47 Å². The van der Waals surface area contributed by atoms with Crippen molar-refractivity contribution in [1.29, 1.82) is 0 Å². The van der Waals surface area contributed by atoms with Gasteiger partial charge in [0.15, 0.2) is 0 Å². The number of hydrogen-bond acceptors (Lipinski definition) is 6. The first-order chi connectivity index (χ1) is 15.4. The van der Waals surface area contributed by atoms with Crippen molar-refractivity contribution in [1.82, 2.24) is 9.80 Å². The maximum absolute atomic E-state index is 13.8. The van der Waals surface area contributed by atoms with Crippen LogP contribution in [-0.4, -0.2) is 83.3 Å². The van der Waals surface area contributed by atoms with E-state index in [1.165, 1.54) is 6.07 Å². The highest BCUT2D eigenvalue weighted by Gasteiger charge is 2.51. The summed E-state index contributed by atoms with van der Waals surface area (Å²) in [4.78, 5) is 37.6. The van der Waals surface area contributed by atoms with Gasteiger partial charge >= 0.3 is 5.97 Å². The van der Waals surface area contributed by atoms with E-state index >= 15 is 0 Å². The molecule has 176 valence electrons. The molecule has 3 aliphatic rings. The minimum absolute atomic E-state index is 0.0492. The zero-order valence-electron chi connectivity index (χ0n) is 18.1. The molecular formula is C23H31FN2O6. The van der Waals surface area contributed by atoms with Crippen molar-refractivity contribution in [3.63, 3.8) is 0 Å². The van der Waals surface area contributed by atoms with Crippen molar-refractivity contribution in [3.05, 3.63) is 35.6 Å². The molecule has 8 nitrogen and oxygen atoms in total. The summed E-state index contributed by atoms with van der Waals surface area (Å²) in [7, 11) is 0. The van der Waals surface area contributed by atoms with Crippen LogP contribution >= 0.6 is 0 Å². The highest BCUT2D eigenvalue weighted by atomic mass is 19.1. The molecule has 3 saturated heterocycles. The van der Waals surface area contributed by atoms with Crippen LogP contribution in [0.15, 0.2) is 24.3 Å². The molecule has 9 heteroatoms. The molecule has 3 heterocycles. The lowest BCUT2D eigenvalue weighted by molar-refractivity contribution is -0.153. The number of carbonyl (C=O) groups is 3. The van der Waals surface area contributed by atoms with Crippen molar-refractivity contribution in [2.45, 2.75) is 50.7 Å². The van der Waals surface area contributed by atoms with E-state index in [-0.39, 0.29) is 42.8 Å². The molecule has 2 N–H and O–H groups in total. The van der Waals surface area contributed by atoms with Crippen LogP contribution in [0.4, 0.5) is 4.39 Å². The number of nitrogens with zero attached hydrogens (tertiary/aromatic N) is 2. The van der Waals surface area contributed by atoms with Gasteiger partial charge in [0.1, 0.15) is 11.9 Å². The number of cyclic esters (lactones) is 1. The molecule has 4 rings (SSSR count). The minimum Gasteiger partial charge on any atom is -0.483 e. The third-order valence-electron chi connectivity index (χ3n) is 6.72. The Morgan fingerprint density at radius 3 is 2.44 bits per heavy atom. The molecule has 0 aliphatic carbocycles. The Morgan fingerprint density at radius 1 is 1.19 bits per heavy atom. The number of amides is 1. The standard InChI is InChI=1S/C22H29FN2O4.CH2O2/c23-19-4-2-1-3-16(19)13-20(27)25-11-7-22(8-12-25)14-18(29-21(22)28)15-24-9-5-17(26)6-10-24;2-1-3/h1-4,17-18,26H,5-15H2;1H,(H,2,3). The summed E-state index contributed by atoms with van der Waals surface area (Å²) in [5.74, 6) is -0.595. The highest BCUT2D eigenvalue weighted by Crippen LogP contribution is 2.43. The number of benzene rings is 1. The zero-order valence-corrected chi connectivity index (χ0v) is 18.1. The first-order valence-corrected chi connectivity index (χ1v) is 11.1. The summed E-state index contributed by atoms with van der Waals surface area (Å²) in [6.07, 6.45) is 3.16. The molecule has 0 saturated carbocycles. The smallest absolute Gasteiger partial charge is 0.312 e. The van der Waals surface area contributed by atoms with E-state index in [1.807, 2.05) is 0 Å². The lowest BCUT2D eigenvalue weighted by Crippen LogP contribution is -2.45. The molecule has 0 aromatic heterocycles. The number of carboxylic acid groups (broad SMARTS) is 1. The second kappa shape index (κ2) is 10.9. The Balaban J connectivity index is 0.000000913. The Hall–Kier alpha value is -2.52. The van der Waals surface area contributed by atoms with Gasteiger partial charge in [-0.2, -0.15) is 0 Å². The Kier molecular flexibility index (Phi) is 8.20. The maximum atomic E-state index is 13.8. The van der Waals surface area contributed by atoms with Crippen LogP contribution in [0.3, 0.4) is 0 Å². The first kappa shape index (κ1) is 24.1. The van der Waals surface area contributed by atoms with Gasteiger partial charge in [-0.3, -0.25) is 19.3 Å². The number of halogens is 1. The molecule has 0 bridgehead atoms. The predicted octanol–water partition coefficient (Wildman–Crippen LogP) is 1.45. The van der Waals surface area contributed by atoms with Crippen LogP contribution < -0.4 is 0 Å². The Morgan fingerprint density at radius 2 is 1.81 bits per heavy atom. The van der Waals surface area contributed by atoms with E-state index in [0.717, 1.165) is 32.5 Å². The molecule has 1 aromatic carbocycles. The largest absolute Gasteiger partial charge is 0.483 e. The number of ether oxygens (including phenoxy) is 1. The van der Waals surface area contributed by atoms with Gasteiger partial charge in [0.05, 0.1) is 17.9 Å². The average Bonchev–Trinajstić information content (AvgIpc) is 3.06. The number of aliphatic hydroxyl groups is 1. The third kappa shape index (κ3) is 5.83. The molecule has 1 atom stereocenters. The molecule has 32 heavy (non-hydrogen) atoms. The number of hydrogen-bond donors (Lipinski definition) is 2. The van der Waals surface area contributed by atoms with Crippen LogP contribution in [0, 0.1) is 11.2 Å². The van der Waals surface area contributed by atoms with Crippen LogP contribution in [-0.2, 0) is 25.5 Å². The van der Waals surface area contributed by atoms with Crippen LogP contribution in [0.2, 0.25) is 0 Å². The summed E-state index contributed by atoms with van der Waals surface area (Å²) >= 11 is 0. The Bertz CT molecular complexity index is 803. The van der Waals surface area contributed by atoms with Gasteiger partial charge in [0.2, 0.25) is 5.91 Å². The highest BCUT2D eigenvalue weighted by molar-refractivity contribution is 5.81. The van der Waals surface area contributed by atoms with Gasteiger partial charge in [-0.05, 0) is 37.3 Å². The number of carbonyl (C=O) groups excluding carboxylic acids is 2. The summed E-state index contributed by atoms with van der Waals surface area (Å²) in [6, 6.07) is 6.35. The fourth-order valence-corrected chi connectivity index (χ4v) is 4.84. The summed E-state index contributed by atoms with van der Waals surface area (Å²) in [5, 5.41) is 16.5. The third-order valence-corrected chi connectivity index (χ3v) is 6.72. The van der Waals surface area contributed by atoms with Crippen LogP contribution in [0.25, 0.3) is 0 Å². The van der Waals surface area contributed by atoms with E-state index in [4.69, 9.17) is 14.6 Å². The van der Waals surface area contributed by atoms with Crippen LogP contribution in [0.5, 0.6) is 0 Å². The molecule has 0 radical (unpaired) electrons. The second-order valence-corrected chi connectivity index (χ2v) is 8.80. The summed E-state index contributed by atoms with van der Waals surface area (Å²) in [6.45, 7) is 3.15. The topological polar surface area (TPSA) is 107 Å². The first-order valence-electron chi connectivity index (χ1n) is 11.1. The molecule has 1 amide bonds. The molecule has 3 aliphatic heterocycles. The fraction of sp³-hybridized carbons (Fsp3) is 0.609. The lowest BCUT2D eigenvalue weighted by Gasteiger charge is -2.37. The van der Waals surface area contributed by atoms with Gasteiger partial charge in [-0.25, -0.2) is 4.39 Å². The molecule has 1 aromatic rings. The van der Waals surface area contributed by atoms with Crippen LogP contribution in [0.1, 0.15) is 37.7 Å². The number of rotatable bonds is 4. The van der Waals surface area contributed by atoms with Crippen molar-refractivity contribution < 1.29 is 33.7 Å². The summed E-state index contributed by atoms with van der Waals surface area (Å²) in [5.41, 5.74) is -0.0841. The van der Waals surface area contributed by atoms with Gasteiger partial charge in [-0.15, -0.1) is 0 Å². The van der Waals surface area contributed by atoms with Crippen molar-refractivity contribution in [2.75, 3.05) is 32.7 Å². The van der Waals surface area contributed by atoms with Crippen molar-refractivity contribution in [3.8, 4) is 0 Å². The normalized spacial score (nSPS) is 23.4. The quantitative estimate of drug-likeness (QED) is 0.528. The summed E-state index contributed by atoms with van der Waals surface area (Å²) < 4.78 is 19.5. The number of piperidine rings is 2. The predicted molar refractivity (Wildman–Crippen MR) is 113 cm³/mol. The van der Waals surface area contributed by atoms with Crippen molar-refractivity contribution >= 4 is 18.3 Å². The second-order valence-electron chi connectivity index (χ2n) is 8.80. The lowest BCUT2D eigenvalue weighted by atomic mass is 9.76. The fourth-order valence-electron chi connectivity index (χ4n) is 4.84.